The molecule has 17 heavy (non-hydrogen) atoms. The van der Waals surface area contributed by atoms with Gasteiger partial charge in [0.15, 0.2) is 0 Å². The molecule has 0 radical (unpaired) electrons. The molecule has 2 rings (SSSR count). The first-order valence-corrected chi connectivity index (χ1v) is 6.47. The topological polar surface area (TPSA) is 29.9 Å². The van der Waals surface area contributed by atoms with Crippen molar-refractivity contribution in [3.8, 4) is 0 Å². The number of aryl methyl sites for hydroxylation is 1. The molecule has 90 valence electrons. The summed E-state index contributed by atoms with van der Waals surface area (Å²) in [5.74, 6) is 0. The summed E-state index contributed by atoms with van der Waals surface area (Å²) in [6.45, 7) is 1.85. The molecule has 1 aromatic carbocycles. The largest absolute Gasteiger partial charge is 0.312 e. The molecule has 2 aromatic rings. The van der Waals surface area contributed by atoms with Gasteiger partial charge >= 0.3 is 0 Å². The van der Waals surface area contributed by atoms with Crippen LogP contribution >= 0.6 is 15.9 Å². The van der Waals surface area contributed by atoms with E-state index in [4.69, 9.17) is 0 Å². The number of hydrogen-bond donors (Lipinski definition) is 1. The molecule has 0 fully saturated rings. The first-order chi connectivity index (χ1) is 8.24. The molecule has 4 heteroatoms. The van der Waals surface area contributed by atoms with Gasteiger partial charge in [-0.25, -0.2) is 0 Å². The van der Waals surface area contributed by atoms with E-state index >= 15 is 0 Å². The third-order valence-electron chi connectivity index (χ3n) is 2.57. The Kier molecular flexibility index (Phi) is 4.34. The molecule has 0 atom stereocenters. The van der Waals surface area contributed by atoms with E-state index in [1.54, 1.807) is 0 Å². The lowest BCUT2D eigenvalue weighted by Gasteiger charge is -2.03. The lowest BCUT2D eigenvalue weighted by Crippen LogP contribution is -2.16. The van der Waals surface area contributed by atoms with E-state index in [9.17, 15) is 0 Å². The molecule has 0 aliphatic rings. The van der Waals surface area contributed by atoms with E-state index in [1.807, 2.05) is 17.9 Å². The average Bonchev–Trinajstić information content (AvgIpc) is 2.73. The van der Waals surface area contributed by atoms with Gasteiger partial charge in [-0.3, -0.25) is 4.68 Å². The van der Waals surface area contributed by atoms with E-state index < -0.39 is 0 Å². The standard InChI is InChI=1S/C13H16BrN3/c1-17-9-7-13(16-17)6-8-15-10-11-2-4-12(14)5-3-11/h2-5,7,9,15H,6,8,10H2,1H3. The average molecular weight is 294 g/mol. The van der Waals surface area contributed by atoms with Crippen LogP contribution in [0.3, 0.4) is 0 Å². The Morgan fingerprint density at radius 3 is 2.65 bits per heavy atom. The Morgan fingerprint density at radius 2 is 2.00 bits per heavy atom. The molecular weight excluding hydrogens is 278 g/mol. The van der Waals surface area contributed by atoms with Crippen LogP contribution in [0, 0.1) is 0 Å². The number of hydrogen-bond acceptors (Lipinski definition) is 2. The summed E-state index contributed by atoms with van der Waals surface area (Å²) in [6.07, 6.45) is 2.95. The van der Waals surface area contributed by atoms with Crippen LogP contribution < -0.4 is 5.32 Å². The van der Waals surface area contributed by atoms with Crippen LogP contribution in [0.25, 0.3) is 0 Å². The third-order valence-corrected chi connectivity index (χ3v) is 3.10. The summed E-state index contributed by atoms with van der Waals surface area (Å²) in [5.41, 5.74) is 2.44. The van der Waals surface area contributed by atoms with Crippen molar-refractivity contribution in [1.82, 2.24) is 15.1 Å². The van der Waals surface area contributed by atoms with Crippen molar-refractivity contribution < 1.29 is 0 Å². The van der Waals surface area contributed by atoms with Crippen LogP contribution in [0.4, 0.5) is 0 Å². The number of nitrogens with one attached hydrogen (secondary N) is 1. The smallest absolute Gasteiger partial charge is 0.0637 e. The number of rotatable bonds is 5. The third kappa shape index (κ3) is 3.98. The van der Waals surface area contributed by atoms with Crippen molar-refractivity contribution in [3.63, 3.8) is 0 Å². The number of aromatic nitrogens is 2. The van der Waals surface area contributed by atoms with Crippen molar-refractivity contribution in [2.75, 3.05) is 6.54 Å². The maximum absolute atomic E-state index is 4.34. The van der Waals surface area contributed by atoms with Gasteiger partial charge in [-0.2, -0.15) is 5.10 Å². The Hall–Kier alpha value is -1.13. The maximum atomic E-state index is 4.34. The first kappa shape index (κ1) is 12.3. The Labute approximate surface area is 110 Å². The highest BCUT2D eigenvalue weighted by Gasteiger charge is 1.97. The summed E-state index contributed by atoms with van der Waals surface area (Å²) >= 11 is 3.43. The predicted octanol–water partition coefficient (Wildman–Crippen LogP) is 2.51. The molecule has 0 amide bonds. The van der Waals surface area contributed by atoms with E-state index in [2.05, 4.69) is 56.7 Å². The predicted molar refractivity (Wildman–Crippen MR) is 72.8 cm³/mol. The van der Waals surface area contributed by atoms with Gasteiger partial charge in [-0.05, 0) is 23.8 Å². The highest BCUT2D eigenvalue weighted by molar-refractivity contribution is 9.10. The van der Waals surface area contributed by atoms with Crippen molar-refractivity contribution in [2.45, 2.75) is 13.0 Å². The second-order valence-corrected chi connectivity index (χ2v) is 4.95. The highest BCUT2D eigenvalue weighted by Crippen LogP contribution is 2.10. The summed E-state index contributed by atoms with van der Waals surface area (Å²) < 4.78 is 2.96. The van der Waals surface area contributed by atoms with Gasteiger partial charge in [0.1, 0.15) is 0 Å². The Morgan fingerprint density at radius 1 is 1.24 bits per heavy atom. The van der Waals surface area contributed by atoms with Gasteiger partial charge in [0, 0.05) is 37.2 Å². The summed E-state index contributed by atoms with van der Waals surface area (Å²) in [6, 6.07) is 10.4. The molecule has 3 nitrogen and oxygen atoms in total. The van der Waals surface area contributed by atoms with E-state index in [-0.39, 0.29) is 0 Å². The molecular formula is C13H16BrN3. The van der Waals surface area contributed by atoms with Crippen LogP contribution in [-0.4, -0.2) is 16.3 Å². The molecule has 0 bridgehead atoms. The Bertz CT molecular complexity index is 462. The van der Waals surface area contributed by atoms with Gasteiger partial charge in [-0.15, -0.1) is 0 Å². The second-order valence-electron chi connectivity index (χ2n) is 4.03. The molecule has 0 aliphatic carbocycles. The van der Waals surface area contributed by atoms with E-state index in [1.165, 1.54) is 5.56 Å². The zero-order valence-electron chi connectivity index (χ0n) is 9.86. The fourth-order valence-corrected chi connectivity index (χ4v) is 1.91. The Balaban J connectivity index is 1.71. The highest BCUT2D eigenvalue weighted by atomic mass is 79.9. The minimum atomic E-state index is 0.903. The van der Waals surface area contributed by atoms with Crippen LogP contribution in [-0.2, 0) is 20.0 Å². The minimum absolute atomic E-state index is 0.903. The fraction of sp³-hybridized carbons (Fsp3) is 0.308. The summed E-state index contributed by atoms with van der Waals surface area (Å²) in [7, 11) is 1.94. The van der Waals surface area contributed by atoms with E-state index in [0.29, 0.717) is 0 Å². The molecule has 0 unspecified atom stereocenters. The number of halogens is 1. The van der Waals surface area contributed by atoms with Gasteiger partial charge in [-0.1, -0.05) is 28.1 Å². The number of nitrogens with zero attached hydrogens (tertiary/aromatic N) is 2. The normalized spacial score (nSPS) is 10.7. The molecule has 0 spiro atoms. The van der Waals surface area contributed by atoms with E-state index in [0.717, 1.165) is 29.7 Å². The van der Waals surface area contributed by atoms with Crippen molar-refractivity contribution in [3.05, 3.63) is 52.3 Å². The number of benzene rings is 1. The molecule has 1 heterocycles. The van der Waals surface area contributed by atoms with Crippen molar-refractivity contribution in [2.24, 2.45) is 7.05 Å². The first-order valence-electron chi connectivity index (χ1n) is 5.68. The lowest BCUT2D eigenvalue weighted by molar-refractivity contribution is 0.665. The fourth-order valence-electron chi connectivity index (χ4n) is 1.65. The summed E-state index contributed by atoms with van der Waals surface area (Å²) in [5, 5.41) is 7.75. The monoisotopic (exact) mass is 293 g/mol. The van der Waals surface area contributed by atoms with Crippen LogP contribution in [0.2, 0.25) is 0 Å². The van der Waals surface area contributed by atoms with Crippen molar-refractivity contribution in [1.29, 1.82) is 0 Å². The van der Waals surface area contributed by atoms with Gasteiger partial charge in [0.2, 0.25) is 0 Å². The SMILES string of the molecule is Cn1ccc(CCNCc2ccc(Br)cc2)n1. The zero-order valence-corrected chi connectivity index (χ0v) is 11.4. The molecule has 0 saturated heterocycles. The van der Waals surface area contributed by atoms with Gasteiger partial charge in [0.25, 0.3) is 0 Å². The lowest BCUT2D eigenvalue weighted by atomic mass is 10.2. The quantitative estimate of drug-likeness (QED) is 0.859. The molecule has 0 saturated carbocycles. The van der Waals surface area contributed by atoms with Gasteiger partial charge < -0.3 is 5.32 Å². The maximum Gasteiger partial charge on any atom is 0.0637 e. The van der Waals surface area contributed by atoms with Crippen molar-refractivity contribution >= 4 is 15.9 Å². The van der Waals surface area contributed by atoms with Crippen LogP contribution in [0.5, 0.6) is 0 Å². The molecule has 1 N–H and O–H groups in total. The second kappa shape index (κ2) is 5.98. The van der Waals surface area contributed by atoms with Gasteiger partial charge in [0.05, 0.1) is 5.69 Å². The molecule has 0 aliphatic heterocycles. The minimum Gasteiger partial charge on any atom is -0.312 e. The molecule has 1 aromatic heterocycles. The van der Waals surface area contributed by atoms with Crippen LogP contribution in [0.15, 0.2) is 41.0 Å². The van der Waals surface area contributed by atoms with Crippen LogP contribution in [0.1, 0.15) is 11.3 Å². The summed E-state index contributed by atoms with van der Waals surface area (Å²) in [4.78, 5) is 0. The zero-order chi connectivity index (χ0) is 12.1.